The molecule has 0 spiro atoms. The van der Waals surface area contributed by atoms with Gasteiger partial charge in [-0.15, -0.1) is 11.3 Å². The fraction of sp³-hybridized carbons (Fsp3) is 0.700. The molecule has 1 rings (SSSR count). The SMILES string of the molecule is CCOC(C)c1nc(CCNC)cs1. The molecule has 1 unspecified atom stereocenters. The standard InChI is InChI=1S/C10H18N2OS/c1-4-13-8(2)10-12-9(7-14-10)5-6-11-3/h7-8,11H,4-6H2,1-3H3. The molecule has 1 N–H and O–H groups in total. The van der Waals surface area contributed by atoms with Crippen molar-refractivity contribution in [3.8, 4) is 0 Å². The molecule has 0 amide bonds. The van der Waals surface area contributed by atoms with E-state index in [9.17, 15) is 0 Å². The number of likely N-dealkylation sites (N-methyl/N-ethyl adjacent to an activating group) is 1. The van der Waals surface area contributed by atoms with Crippen LogP contribution >= 0.6 is 11.3 Å². The molecule has 1 atom stereocenters. The number of ether oxygens (including phenoxy) is 1. The molecule has 0 fully saturated rings. The molecule has 0 bridgehead atoms. The van der Waals surface area contributed by atoms with E-state index in [2.05, 4.69) is 15.7 Å². The van der Waals surface area contributed by atoms with E-state index in [1.165, 1.54) is 0 Å². The molecule has 0 radical (unpaired) electrons. The zero-order valence-corrected chi connectivity index (χ0v) is 9.86. The van der Waals surface area contributed by atoms with Crippen molar-refractivity contribution in [2.45, 2.75) is 26.4 Å². The van der Waals surface area contributed by atoms with Crippen molar-refractivity contribution in [2.24, 2.45) is 0 Å². The molecule has 0 aliphatic rings. The van der Waals surface area contributed by atoms with Crippen LogP contribution in [0.5, 0.6) is 0 Å². The summed E-state index contributed by atoms with van der Waals surface area (Å²) in [4.78, 5) is 4.52. The van der Waals surface area contributed by atoms with Crippen molar-refractivity contribution in [2.75, 3.05) is 20.2 Å². The van der Waals surface area contributed by atoms with Crippen molar-refractivity contribution in [1.82, 2.24) is 10.3 Å². The van der Waals surface area contributed by atoms with E-state index in [0.717, 1.165) is 30.3 Å². The number of aromatic nitrogens is 1. The molecule has 0 aliphatic heterocycles. The zero-order chi connectivity index (χ0) is 10.4. The van der Waals surface area contributed by atoms with Gasteiger partial charge >= 0.3 is 0 Å². The Labute approximate surface area is 89.5 Å². The van der Waals surface area contributed by atoms with Crippen molar-refractivity contribution >= 4 is 11.3 Å². The summed E-state index contributed by atoms with van der Waals surface area (Å²) in [5.41, 5.74) is 1.16. The van der Waals surface area contributed by atoms with Gasteiger partial charge in [0.1, 0.15) is 11.1 Å². The number of thiazole rings is 1. The number of hydrogen-bond donors (Lipinski definition) is 1. The van der Waals surface area contributed by atoms with Crippen molar-refractivity contribution in [3.63, 3.8) is 0 Å². The van der Waals surface area contributed by atoms with Crippen LogP contribution in [0.4, 0.5) is 0 Å². The first-order valence-electron chi connectivity index (χ1n) is 4.98. The minimum Gasteiger partial charge on any atom is -0.372 e. The average molecular weight is 214 g/mol. The molecule has 0 saturated heterocycles. The van der Waals surface area contributed by atoms with Crippen LogP contribution in [0.1, 0.15) is 30.7 Å². The normalized spacial score (nSPS) is 13.1. The number of hydrogen-bond acceptors (Lipinski definition) is 4. The second-order valence-corrected chi connectivity index (χ2v) is 4.02. The highest BCUT2D eigenvalue weighted by molar-refractivity contribution is 7.09. The van der Waals surface area contributed by atoms with Crippen LogP contribution in [0.15, 0.2) is 5.38 Å². The predicted molar refractivity (Wildman–Crippen MR) is 59.8 cm³/mol. The van der Waals surface area contributed by atoms with Crippen molar-refractivity contribution in [3.05, 3.63) is 16.1 Å². The van der Waals surface area contributed by atoms with Gasteiger partial charge in [-0.05, 0) is 20.9 Å². The Hall–Kier alpha value is -0.450. The molecule has 1 aromatic heterocycles. The van der Waals surface area contributed by atoms with Gasteiger partial charge in [-0.25, -0.2) is 4.98 Å². The van der Waals surface area contributed by atoms with Gasteiger partial charge in [0.2, 0.25) is 0 Å². The smallest absolute Gasteiger partial charge is 0.121 e. The van der Waals surface area contributed by atoms with Gasteiger partial charge in [0, 0.05) is 25.0 Å². The zero-order valence-electron chi connectivity index (χ0n) is 9.04. The molecular weight excluding hydrogens is 196 g/mol. The Bertz CT molecular complexity index is 262. The van der Waals surface area contributed by atoms with Gasteiger partial charge in [-0.2, -0.15) is 0 Å². The monoisotopic (exact) mass is 214 g/mol. The lowest BCUT2D eigenvalue weighted by atomic mass is 10.3. The first-order valence-corrected chi connectivity index (χ1v) is 5.86. The molecule has 4 heteroatoms. The van der Waals surface area contributed by atoms with Crippen LogP contribution in [0, 0.1) is 0 Å². The van der Waals surface area contributed by atoms with Crippen LogP contribution in [0.25, 0.3) is 0 Å². The van der Waals surface area contributed by atoms with Crippen LogP contribution in [-0.2, 0) is 11.2 Å². The Morgan fingerprint density at radius 2 is 2.43 bits per heavy atom. The number of nitrogens with one attached hydrogen (secondary N) is 1. The van der Waals surface area contributed by atoms with Crippen LogP contribution in [0.3, 0.4) is 0 Å². The molecular formula is C10H18N2OS. The van der Waals surface area contributed by atoms with Crippen molar-refractivity contribution in [1.29, 1.82) is 0 Å². The summed E-state index contributed by atoms with van der Waals surface area (Å²) in [7, 11) is 1.95. The van der Waals surface area contributed by atoms with E-state index < -0.39 is 0 Å². The highest BCUT2D eigenvalue weighted by atomic mass is 32.1. The maximum Gasteiger partial charge on any atom is 0.121 e. The Kier molecular flexibility index (Phi) is 5.07. The van der Waals surface area contributed by atoms with Crippen molar-refractivity contribution < 1.29 is 4.74 Å². The largest absolute Gasteiger partial charge is 0.372 e. The van der Waals surface area contributed by atoms with E-state index in [-0.39, 0.29) is 6.10 Å². The molecule has 0 aliphatic carbocycles. The molecule has 0 aromatic carbocycles. The van der Waals surface area contributed by atoms with Gasteiger partial charge in [0.25, 0.3) is 0 Å². The van der Waals surface area contributed by atoms with Crippen LogP contribution < -0.4 is 5.32 Å². The van der Waals surface area contributed by atoms with Crippen LogP contribution in [-0.4, -0.2) is 25.2 Å². The lowest BCUT2D eigenvalue weighted by Gasteiger charge is -2.06. The Balaban J connectivity index is 2.49. The molecule has 0 saturated carbocycles. The highest BCUT2D eigenvalue weighted by Crippen LogP contribution is 2.20. The number of nitrogens with zero attached hydrogens (tertiary/aromatic N) is 1. The fourth-order valence-electron chi connectivity index (χ4n) is 1.20. The molecule has 14 heavy (non-hydrogen) atoms. The number of rotatable bonds is 6. The first-order chi connectivity index (χ1) is 6.77. The van der Waals surface area contributed by atoms with E-state index in [0.29, 0.717) is 0 Å². The second-order valence-electron chi connectivity index (χ2n) is 3.13. The quantitative estimate of drug-likeness (QED) is 0.786. The summed E-state index contributed by atoms with van der Waals surface area (Å²) in [6.07, 6.45) is 1.12. The first kappa shape index (κ1) is 11.6. The molecule has 1 heterocycles. The summed E-state index contributed by atoms with van der Waals surface area (Å²) in [6, 6.07) is 0. The third-order valence-electron chi connectivity index (χ3n) is 1.97. The third kappa shape index (κ3) is 3.36. The average Bonchev–Trinajstić information content (AvgIpc) is 2.63. The second kappa shape index (κ2) is 6.11. The molecule has 3 nitrogen and oxygen atoms in total. The van der Waals surface area contributed by atoms with Gasteiger partial charge in [-0.3, -0.25) is 0 Å². The maximum atomic E-state index is 5.48. The van der Waals surface area contributed by atoms with E-state index in [1.807, 2.05) is 20.9 Å². The summed E-state index contributed by atoms with van der Waals surface area (Å²) in [5.74, 6) is 0. The van der Waals surface area contributed by atoms with E-state index in [1.54, 1.807) is 11.3 Å². The minimum atomic E-state index is 0.133. The molecule has 80 valence electrons. The maximum absolute atomic E-state index is 5.48. The summed E-state index contributed by atoms with van der Waals surface area (Å²) in [5, 5.41) is 6.31. The highest BCUT2D eigenvalue weighted by Gasteiger charge is 2.09. The summed E-state index contributed by atoms with van der Waals surface area (Å²) >= 11 is 1.68. The summed E-state index contributed by atoms with van der Waals surface area (Å²) < 4.78 is 5.48. The summed E-state index contributed by atoms with van der Waals surface area (Å²) in [6.45, 7) is 5.77. The Morgan fingerprint density at radius 1 is 1.64 bits per heavy atom. The van der Waals surface area contributed by atoms with Gasteiger partial charge in [-0.1, -0.05) is 0 Å². The lowest BCUT2D eigenvalue weighted by Crippen LogP contribution is -2.10. The fourth-order valence-corrected chi connectivity index (χ4v) is 2.06. The van der Waals surface area contributed by atoms with E-state index in [4.69, 9.17) is 4.74 Å². The van der Waals surface area contributed by atoms with E-state index >= 15 is 0 Å². The Morgan fingerprint density at radius 3 is 3.07 bits per heavy atom. The topological polar surface area (TPSA) is 34.1 Å². The lowest BCUT2D eigenvalue weighted by molar-refractivity contribution is 0.0761. The van der Waals surface area contributed by atoms with Gasteiger partial charge in [0.05, 0.1) is 5.69 Å². The molecule has 1 aromatic rings. The van der Waals surface area contributed by atoms with Crippen LogP contribution in [0.2, 0.25) is 0 Å². The third-order valence-corrected chi connectivity index (χ3v) is 3.02. The predicted octanol–water partition coefficient (Wildman–Crippen LogP) is 2.00. The minimum absolute atomic E-state index is 0.133. The van der Waals surface area contributed by atoms with Gasteiger partial charge in [0.15, 0.2) is 0 Å². The van der Waals surface area contributed by atoms with Gasteiger partial charge < -0.3 is 10.1 Å².